The van der Waals surface area contributed by atoms with E-state index in [1.54, 1.807) is 18.2 Å². The van der Waals surface area contributed by atoms with Crippen molar-refractivity contribution in [1.29, 1.82) is 0 Å². The number of fused-ring (bicyclic) bond motifs is 1. The summed E-state index contributed by atoms with van der Waals surface area (Å²) in [5.74, 6) is -0.668. The minimum Gasteiger partial charge on any atom is -0.439 e. The number of oxazole rings is 1. The lowest BCUT2D eigenvalue weighted by Gasteiger charge is -2.31. The van der Waals surface area contributed by atoms with Crippen LogP contribution in [-0.4, -0.2) is 29.1 Å². The van der Waals surface area contributed by atoms with Gasteiger partial charge in [-0.15, -0.1) is 0 Å². The first-order chi connectivity index (χ1) is 9.91. The van der Waals surface area contributed by atoms with E-state index in [2.05, 4.69) is 4.98 Å². The summed E-state index contributed by atoms with van der Waals surface area (Å²) in [6.07, 6.45) is -3.81. The second-order valence-corrected chi connectivity index (χ2v) is 5.43. The third-order valence-corrected chi connectivity index (χ3v) is 3.87. The summed E-state index contributed by atoms with van der Waals surface area (Å²) in [7, 11) is 0. The van der Waals surface area contributed by atoms with Crippen LogP contribution >= 0.6 is 0 Å². The van der Waals surface area contributed by atoms with Crippen LogP contribution in [0.25, 0.3) is 11.1 Å². The highest BCUT2D eigenvalue weighted by Gasteiger charge is 2.41. The maximum absolute atomic E-state index is 12.6. The van der Waals surface area contributed by atoms with E-state index in [-0.39, 0.29) is 12.8 Å². The smallest absolute Gasteiger partial charge is 0.391 e. The number of likely N-dealkylation sites (tertiary alicyclic amines) is 1. The van der Waals surface area contributed by atoms with Gasteiger partial charge in [0.25, 0.3) is 0 Å². The Balaban J connectivity index is 1.64. The van der Waals surface area contributed by atoms with Gasteiger partial charge >= 0.3 is 6.18 Å². The van der Waals surface area contributed by atoms with Crippen LogP contribution in [0.1, 0.15) is 18.7 Å². The number of aromatic nitrogens is 1. The molecule has 2 N–H and O–H groups in total. The normalized spacial score (nSPS) is 18.4. The van der Waals surface area contributed by atoms with Gasteiger partial charge in [-0.2, -0.15) is 13.2 Å². The quantitative estimate of drug-likeness (QED) is 0.865. The van der Waals surface area contributed by atoms with Crippen LogP contribution in [0.3, 0.4) is 0 Å². The van der Waals surface area contributed by atoms with Crippen LogP contribution in [0.2, 0.25) is 0 Å². The fourth-order valence-corrected chi connectivity index (χ4v) is 2.67. The Labute approximate surface area is 119 Å². The second-order valence-electron chi connectivity index (χ2n) is 5.43. The number of benzene rings is 1. The van der Waals surface area contributed by atoms with Crippen LogP contribution in [0.15, 0.2) is 22.6 Å². The van der Waals surface area contributed by atoms with Gasteiger partial charge in [-0.3, -0.25) is 4.90 Å². The van der Waals surface area contributed by atoms with Crippen LogP contribution in [0.4, 0.5) is 18.9 Å². The molecule has 1 aromatic heterocycles. The third-order valence-electron chi connectivity index (χ3n) is 3.87. The SMILES string of the molecule is Nc1ccc2nc(CN3CCC(C(F)(F)F)CC3)oc2c1. The summed E-state index contributed by atoms with van der Waals surface area (Å²) < 4.78 is 43.4. The van der Waals surface area contributed by atoms with E-state index in [1.165, 1.54) is 0 Å². The number of nitrogen functional groups attached to an aromatic ring is 1. The Hall–Kier alpha value is -1.76. The molecule has 4 nitrogen and oxygen atoms in total. The predicted molar refractivity (Wildman–Crippen MR) is 72.5 cm³/mol. The summed E-state index contributed by atoms with van der Waals surface area (Å²) >= 11 is 0. The molecule has 1 saturated heterocycles. The van der Waals surface area contributed by atoms with Gasteiger partial charge < -0.3 is 10.2 Å². The Kier molecular flexibility index (Phi) is 3.52. The number of rotatable bonds is 2. The van der Waals surface area contributed by atoms with E-state index in [0.29, 0.717) is 42.3 Å². The fourth-order valence-electron chi connectivity index (χ4n) is 2.67. The van der Waals surface area contributed by atoms with Crippen molar-refractivity contribution in [2.24, 2.45) is 5.92 Å². The lowest BCUT2D eigenvalue weighted by Crippen LogP contribution is -2.38. The highest BCUT2D eigenvalue weighted by atomic mass is 19.4. The molecule has 7 heteroatoms. The maximum Gasteiger partial charge on any atom is 0.391 e. The van der Waals surface area contributed by atoms with Crippen LogP contribution in [0, 0.1) is 5.92 Å². The summed E-state index contributed by atoms with van der Waals surface area (Å²) in [5, 5.41) is 0. The molecule has 0 aliphatic carbocycles. The molecule has 0 radical (unpaired) electrons. The molecule has 1 aromatic carbocycles. The molecule has 0 saturated carbocycles. The number of nitrogens with two attached hydrogens (primary N) is 1. The first-order valence-electron chi connectivity index (χ1n) is 6.86. The molecule has 0 spiro atoms. The number of alkyl halides is 3. The van der Waals surface area contributed by atoms with Crippen molar-refractivity contribution in [2.75, 3.05) is 18.8 Å². The van der Waals surface area contributed by atoms with Gasteiger partial charge in [0.15, 0.2) is 5.58 Å². The van der Waals surface area contributed by atoms with Crippen molar-refractivity contribution >= 4 is 16.8 Å². The first-order valence-corrected chi connectivity index (χ1v) is 6.86. The molecule has 1 fully saturated rings. The van der Waals surface area contributed by atoms with Crippen molar-refractivity contribution in [3.05, 3.63) is 24.1 Å². The first kappa shape index (κ1) is 14.2. The molecule has 21 heavy (non-hydrogen) atoms. The Morgan fingerprint density at radius 2 is 2.00 bits per heavy atom. The molecule has 1 aliphatic heterocycles. The van der Waals surface area contributed by atoms with Crippen LogP contribution < -0.4 is 5.73 Å². The van der Waals surface area contributed by atoms with Gasteiger partial charge in [0, 0.05) is 11.8 Å². The molecule has 114 valence electrons. The molecule has 0 unspecified atom stereocenters. The molecule has 2 heterocycles. The zero-order valence-electron chi connectivity index (χ0n) is 11.4. The summed E-state index contributed by atoms with van der Waals surface area (Å²) in [6.45, 7) is 1.25. The standard InChI is InChI=1S/C14H16F3N3O/c15-14(16,17)9-3-5-20(6-4-9)8-13-19-11-2-1-10(18)7-12(11)21-13/h1-2,7,9H,3-6,8,18H2. The molecule has 0 amide bonds. The van der Waals surface area contributed by atoms with Gasteiger partial charge in [0.05, 0.1) is 12.5 Å². The van der Waals surface area contributed by atoms with Gasteiger partial charge in [-0.1, -0.05) is 0 Å². The highest BCUT2D eigenvalue weighted by Crippen LogP contribution is 2.34. The molecule has 0 atom stereocenters. The molecular formula is C14H16F3N3O. The van der Waals surface area contributed by atoms with Crippen molar-refractivity contribution in [1.82, 2.24) is 9.88 Å². The van der Waals surface area contributed by atoms with Gasteiger partial charge in [-0.25, -0.2) is 4.98 Å². The number of halogens is 3. The zero-order valence-corrected chi connectivity index (χ0v) is 11.4. The molecular weight excluding hydrogens is 283 g/mol. The van der Waals surface area contributed by atoms with Crippen molar-refractivity contribution in [2.45, 2.75) is 25.6 Å². The number of piperidine rings is 1. The molecule has 0 bridgehead atoms. The van der Waals surface area contributed by atoms with E-state index in [4.69, 9.17) is 10.2 Å². The number of anilines is 1. The van der Waals surface area contributed by atoms with E-state index < -0.39 is 12.1 Å². The van der Waals surface area contributed by atoms with Crippen molar-refractivity contribution in [3.8, 4) is 0 Å². The lowest BCUT2D eigenvalue weighted by atomic mass is 9.96. The maximum atomic E-state index is 12.6. The average Bonchev–Trinajstić information content (AvgIpc) is 2.79. The van der Waals surface area contributed by atoms with E-state index in [1.807, 2.05) is 4.90 Å². The number of hydrogen-bond donors (Lipinski definition) is 1. The minimum absolute atomic E-state index is 0.136. The molecule has 2 aromatic rings. The van der Waals surface area contributed by atoms with Crippen LogP contribution in [0.5, 0.6) is 0 Å². The number of nitrogens with zero attached hydrogens (tertiary/aromatic N) is 2. The average molecular weight is 299 g/mol. The van der Waals surface area contributed by atoms with E-state index >= 15 is 0 Å². The minimum atomic E-state index is -4.08. The van der Waals surface area contributed by atoms with Crippen LogP contribution in [-0.2, 0) is 6.54 Å². The van der Waals surface area contributed by atoms with Crippen molar-refractivity contribution < 1.29 is 17.6 Å². The monoisotopic (exact) mass is 299 g/mol. The van der Waals surface area contributed by atoms with Gasteiger partial charge in [0.1, 0.15) is 5.52 Å². The largest absolute Gasteiger partial charge is 0.439 e. The highest BCUT2D eigenvalue weighted by molar-refractivity contribution is 5.76. The predicted octanol–water partition coefficient (Wildman–Crippen LogP) is 3.18. The van der Waals surface area contributed by atoms with Gasteiger partial charge in [0.2, 0.25) is 5.89 Å². The fraction of sp³-hybridized carbons (Fsp3) is 0.500. The Bertz CT molecular complexity index is 630. The summed E-state index contributed by atoms with van der Waals surface area (Å²) in [5.41, 5.74) is 7.58. The van der Waals surface area contributed by atoms with E-state index in [0.717, 1.165) is 0 Å². The Morgan fingerprint density at radius 3 is 2.67 bits per heavy atom. The third kappa shape index (κ3) is 3.12. The molecule has 1 aliphatic rings. The van der Waals surface area contributed by atoms with Gasteiger partial charge in [-0.05, 0) is 38.1 Å². The summed E-state index contributed by atoms with van der Waals surface area (Å²) in [6, 6.07) is 5.21. The lowest BCUT2D eigenvalue weighted by molar-refractivity contribution is -0.185. The molecule has 3 rings (SSSR count). The van der Waals surface area contributed by atoms with E-state index in [9.17, 15) is 13.2 Å². The Morgan fingerprint density at radius 1 is 1.29 bits per heavy atom. The zero-order chi connectivity index (χ0) is 15.0. The number of hydrogen-bond acceptors (Lipinski definition) is 4. The summed E-state index contributed by atoms with van der Waals surface area (Å²) in [4.78, 5) is 6.27. The second kappa shape index (κ2) is 5.22. The van der Waals surface area contributed by atoms with Crippen molar-refractivity contribution in [3.63, 3.8) is 0 Å². The topological polar surface area (TPSA) is 55.3 Å².